The molecule has 0 spiro atoms. The van der Waals surface area contributed by atoms with Gasteiger partial charge in [-0.3, -0.25) is 4.79 Å². The van der Waals surface area contributed by atoms with Crippen molar-refractivity contribution >= 4 is 5.91 Å². The maximum absolute atomic E-state index is 13.3. The smallest absolute Gasteiger partial charge is 0.217 e. The molecule has 0 aromatic heterocycles. The Morgan fingerprint density at radius 3 is 2.35 bits per heavy atom. The van der Waals surface area contributed by atoms with E-state index in [4.69, 9.17) is 0 Å². The summed E-state index contributed by atoms with van der Waals surface area (Å²) in [5, 5.41) is 13.5. The molecule has 1 heterocycles. The maximum Gasteiger partial charge on any atom is 0.217 e. The SMILES string of the molecule is CC(=O)NC1(c2ccc(F)cc2)CCN(C[C@H](O)c2ccccc2)CC1. The molecule has 1 atom stereocenters. The number of piperidine rings is 1. The first-order valence-electron chi connectivity index (χ1n) is 8.99. The number of nitrogens with one attached hydrogen (secondary N) is 1. The number of hydrogen-bond donors (Lipinski definition) is 2. The second-order valence-corrected chi connectivity index (χ2v) is 7.00. The summed E-state index contributed by atoms with van der Waals surface area (Å²) in [5.74, 6) is -0.373. The van der Waals surface area contributed by atoms with Crippen molar-refractivity contribution in [1.29, 1.82) is 0 Å². The highest BCUT2D eigenvalue weighted by Crippen LogP contribution is 2.33. The van der Waals surface area contributed by atoms with Crippen LogP contribution in [0.15, 0.2) is 54.6 Å². The van der Waals surface area contributed by atoms with Gasteiger partial charge in [0.15, 0.2) is 0 Å². The van der Waals surface area contributed by atoms with Gasteiger partial charge in [-0.1, -0.05) is 42.5 Å². The Morgan fingerprint density at radius 1 is 1.15 bits per heavy atom. The Bertz CT molecular complexity index is 725. The zero-order valence-electron chi connectivity index (χ0n) is 15.0. The predicted octanol–water partition coefficient (Wildman–Crippen LogP) is 2.99. The number of benzene rings is 2. The average Bonchev–Trinajstić information content (AvgIpc) is 2.64. The van der Waals surface area contributed by atoms with Crippen LogP contribution in [-0.4, -0.2) is 35.5 Å². The molecule has 2 aromatic carbocycles. The van der Waals surface area contributed by atoms with E-state index in [-0.39, 0.29) is 11.7 Å². The minimum Gasteiger partial charge on any atom is -0.387 e. The highest BCUT2D eigenvalue weighted by Gasteiger charge is 2.37. The molecule has 138 valence electrons. The number of hydrogen-bond acceptors (Lipinski definition) is 3. The number of halogens is 1. The van der Waals surface area contributed by atoms with Crippen LogP contribution in [0.4, 0.5) is 4.39 Å². The van der Waals surface area contributed by atoms with Crippen molar-refractivity contribution in [2.24, 2.45) is 0 Å². The first-order valence-corrected chi connectivity index (χ1v) is 8.99. The number of carbonyl (C=O) groups is 1. The quantitative estimate of drug-likeness (QED) is 0.866. The number of carbonyl (C=O) groups excluding carboxylic acids is 1. The van der Waals surface area contributed by atoms with Crippen molar-refractivity contribution in [1.82, 2.24) is 10.2 Å². The number of aliphatic hydroxyl groups is 1. The lowest BCUT2D eigenvalue weighted by atomic mass is 9.80. The fraction of sp³-hybridized carbons (Fsp3) is 0.381. The van der Waals surface area contributed by atoms with Crippen LogP contribution >= 0.6 is 0 Å². The predicted molar refractivity (Wildman–Crippen MR) is 99.0 cm³/mol. The lowest BCUT2D eigenvalue weighted by Crippen LogP contribution is -2.53. The number of likely N-dealkylation sites (tertiary alicyclic amines) is 1. The van der Waals surface area contributed by atoms with Crippen LogP contribution < -0.4 is 5.32 Å². The fourth-order valence-electron chi connectivity index (χ4n) is 3.73. The highest BCUT2D eigenvalue weighted by molar-refractivity contribution is 5.74. The van der Waals surface area contributed by atoms with Crippen LogP contribution in [0, 0.1) is 5.82 Å². The van der Waals surface area contributed by atoms with Gasteiger partial charge in [0.2, 0.25) is 5.91 Å². The highest BCUT2D eigenvalue weighted by atomic mass is 19.1. The van der Waals surface area contributed by atoms with E-state index in [1.165, 1.54) is 19.1 Å². The molecule has 26 heavy (non-hydrogen) atoms. The van der Waals surface area contributed by atoms with E-state index in [2.05, 4.69) is 10.2 Å². The summed E-state index contributed by atoms with van der Waals surface area (Å²) in [7, 11) is 0. The summed E-state index contributed by atoms with van der Waals surface area (Å²) in [6.07, 6.45) is 0.912. The molecular weight excluding hydrogens is 331 g/mol. The molecule has 5 heteroatoms. The van der Waals surface area contributed by atoms with Crippen LogP contribution in [-0.2, 0) is 10.3 Å². The molecule has 2 N–H and O–H groups in total. The van der Waals surface area contributed by atoms with E-state index in [0.29, 0.717) is 6.54 Å². The molecule has 1 aliphatic rings. The Hall–Kier alpha value is -2.24. The molecule has 4 nitrogen and oxygen atoms in total. The van der Waals surface area contributed by atoms with Crippen molar-refractivity contribution in [3.05, 3.63) is 71.5 Å². The molecule has 0 saturated carbocycles. The summed E-state index contributed by atoms with van der Waals surface area (Å²) < 4.78 is 13.3. The number of β-amino-alcohol motifs (C(OH)–C–C–N with tert-alkyl or cyclic N) is 1. The van der Waals surface area contributed by atoms with E-state index in [1.54, 1.807) is 12.1 Å². The van der Waals surface area contributed by atoms with Gasteiger partial charge < -0.3 is 15.3 Å². The van der Waals surface area contributed by atoms with Gasteiger partial charge in [-0.25, -0.2) is 4.39 Å². The lowest BCUT2D eigenvalue weighted by molar-refractivity contribution is -0.121. The Balaban J connectivity index is 1.68. The first kappa shape index (κ1) is 18.5. The van der Waals surface area contributed by atoms with Gasteiger partial charge in [0.1, 0.15) is 5.82 Å². The van der Waals surface area contributed by atoms with Crippen molar-refractivity contribution in [2.75, 3.05) is 19.6 Å². The molecule has 0 bridgehead atoms. The van der Waals surface area contributed by atoms with Crippen LogP contribution in [0.2, 0.25) is 0 Å². The third kappa shape index (κ3) is 4.29. The molecule has 1 fully saturated rings. The molecule has 0 radical (unpaired) electrons. The third-order valence-corrected chi connectivity index (χ3v) is 5.14. The monoisotopic (exact) mass is 356 g/mol. The summed E-state index contributed by atoms with van der Waals surface area (Å²) >= 11 is 0. The molecule has 1 saturated heterocycles. The topological polar surface area (TPSA) is 52.6 Å². The van der Waals surface area contributed by atoms with Gasteiger partial charge in [-0.2, -0.15) is 0 Å². The van der Waals surface area contributed by atoms with E-state index >= 15 is 0 Å². The van der Waals surface area contributed by atoms with E-state index in [1.807, 2.05) is 30.3 Å². The molecule has 3 rings (SSSR count). The molecule has 1 aliphatic heterocycles. The Kier molecular flexibility index (Phi) is 5.69. The molecule has 0 aliphatic carbocycles. The number of amides is 1. The van der Waals surface area contributed by atoms with Gasteiger partial charge >= 0.3 is 0 Å². The second-order valence-electron chi connectivity index (χ2n) is 7.00. The minimum atomic E-state index is -0.532. The number of aliphatic hydroxyl groups excluding tert-OH is 1. The molecular formula is C21H25FN2O2. The standard InChI is InChI=1S/C21H25FN2O2/c1-16(25)23-21(18-7-9-19(22)10-8-18)11-13-24(14-12-21)15-20(26)17-5-3-2-4-6-17/h2-10,20,26H,11-15H2,1H3,(H,23,25)/t20-/m0/s1. The van der Waals surface area contributed by atoms with Crippen LogP contribution in [0.3, 0.4) is 0 Å². The largest absolute Gasteiger partial charge is 0.387 e. The second kappa shape index (κ2) is 7.98. The Morgan fingerprint density at radius 2 is 1.77 bits per heavy atom. The van der Waals surface area contributed by atoms with Crippen molar-refractivity contribution < 1.29 is 14.3 Å². The van der Waals surface area contributed by atoms with Crippen LogP contribution in [0.25, 0.3) is 0 Å². The number of rotatable bonds is 5. The van der Waals surface area contributed by atoms with E-state index in [0.717, 1.165) is 37.1 Å². The van der Waals surface area contributed by atoms with Gasteiger partial charge in [0, 0.05) is 26.6 Å². The van der Waals surface area contributed by atoms with Crippen molar-refractivity contribution in [2.45, 2.75) is 31.4 Å². The number of nitrogens with zero attached hydrogens (tertiary/aromatic N) is 1. The lowest BCUT2D eigenvalue weighted by Gasteiger charge is -2.43. The summed E-state index contributed by atoms with van der Waals surface area (Å²) in [5.41, 5.74) is 1.36. The molecule has 1 amide bonds. The van der Waals surface area contributed by atoms with Crippen LogP contribution in [0.1, 0.15) is 37.0 Å². The van der Waals surface area contributed by atoms with Crippen molar-refractivity contribution in [3.63, 3.8) is 0 Å². The summed E-state index contributed by atoms with van der Waals surface area (Å²) in [4.78, 5) is 14.0. The zero-order valence-corrected chi connectivity index (χ0v) is 15.0. The maximum atomic E-state index is 13.3. The summed E-state index contributed by atoms with van der Waals surface area (Å²) in [6.45, 7) is 3.57. The fourth-order valence-corrected chi connectivity index (χ4v) is 3.73. The van der Waals surface area contributed by atoms with Crippen molar-refractivity contribution in [3.8, 4) is 0 Å². The average molecular weight is 356 g/mol. The van der Waals surface area contributed by atoms with E-state index in [9.17, 15) is 14.3 Å². The van der Waals surface area contributed by atoms with Gasteiger partial charge in [0.05, 0.1) is 11.6 Å². The van der Waals surface area contributed by atoms with Crippen LogP contribution in [0.5, 0.6) is 0 Å². The third-order valence-electron chi connectivity index (χ3n) is 5.14. The minimum absolute atomic E-state index is 0.0907. The zero-order chi connectivity index (χ0) is 18.6. The first-order chi connectivity index (χ1) is 12.5. The summed E-state index contributed by atoms with van der Waals surface area (Å²) in [6, 6.07) is 16.0. The molecule has 0 unspecified atom stereocenters. The molecule has 2 aromatic rings. The van der Waals surface area contributed by atoms with Gasteiger partial charge in [0.25, 0.3) is 0 Å². The Labute approximate surface area is 153 Å². The van der Waals surface area contributed by atoms with Gasteiger partial charge in [-0.15, -0.1) is 0 Å². The normalized spacial score (nSPS) is 18.3. The van der Waals surface area contributed by atoms with Gasteiger partial charge in [-0.05, 0) is 36.1 Å². The van der Waals surface area contributed by atoms with E-state index < -0.39 is 11.6 Å².